The lowest BCUT2D eigenvalue weighted by molar-refractivity contribution is -0.150. The Morgan fingerprint density at radius 3 is 2.53 bits per heavy atom. The first kappa shape index (κ1) is 11.9. The van der Waals surface area contributed by atoms with E-state index in [0.29, 0.717) is 0 Å². The fraction of sp³-hybridized carbons (Fsp3) is 0.500. The lowest BCUT2D eigenvalue weighted by Crippen LogP contribution is -2.37. The largest absolute Gasteiger partial charge is 0.457 e. The van der Waals surface area contributed by atoms with Crippen molar-refractivity contribution in [1.29, 1.82) is 0 Å². The van der Waals surface area contributed by atoms with Crippen LogP contribution in [0.25, 0.3) is 0 Å². The summed E-state index contributed by atoms with van der Waals surface area (Å²) in [6, 6.07) is 0. The van der Waals surface area contributed by atoms with Crippen molar-refractivity contribution in [1.82, 2.24) is 0 Å². The smallest absolute Gasteiger partial charge is 0.330 e. The Morgan fingerprint density at radius 2 is 1.87 bits per heavy atom. The summed E-state index contributed by atoms with van der Waals surface area (Å²) < 4.78 is 4.78. The Bertz CT molecular complexity index is 284. The minimum Gasteiger partial charge on any atom is -0.457 e. The summed E-state index contributed by atoms with van der Waals surface area (Å²) in [4.78, 5) is 11.1. The molecular weight excluding hydrogens is 200 g/mol. The Balaban J connectivity index is 2.84. The van der Waals surface area contributed by atoms with Crippen molar-refractivity contribution >= 4 is 5.97 Å². The summed E-state index contributed by atoms with van der Waals surface area (Å²) in [5.74, 6) is -0.664. The van der Waals surface area contributed by atoms with E-state index in [9.17, 15) is 20.1 Å². The van der Waals surface area contributed by atoms with Crippen LogP contribution in [-0.2, 0) is 9.53 Å². The van der Waals surface area contributed by atoms with Crippen LogP contribution in [0.15, 0.2) is 24.3 Å². The van der Waals surface area contributed by atoms with Gasteiger partial charge in [-0.1, -0.05) is 12.2 Å². The van der Waals surface area contributed by atoms with E-state index in [1.54, 1.807) is 0 Å². The molecule has 0 fully saturated rings. The topological polar surface area (TPSA) is 87.0 Å². The molecule has 0 aromatic rings. The molecule has 1 rings (SSSR count). The molecule has 84 valence electrons. The second-order valence-electron chi connectivity index (χ2n) is 3.36. The van der Waals surface area contributed by atoms with Gasteiger partial charge in [0, 0.05) is 6.08 Å². The van der Waals surface area contributed by atoms with Gasteiger partial charge in [-0.2, -0.15) is 0 Å². The first-order valence-corrected chi connectivity index (χ1v) is 4.62. The highest BCUT2D eigenvalue weighted by atomic mass is 16.6. The molecule has 0 aromatic carbocycles. The van der Waals surface area contributed by atoms with Gasteiger partial charge in [0.05, 0.1) is 6.10 Å². The minimum absolute atomic E-state index is 0.664. The SMILES string of the molecule is CC1OC(=O)C=CC(O)C=CC(O)C1O. The third-order valence-corrected chi connectivity index (χ3v) is 2.07. The molecule has 0 saturated heterocycles. The summed E-state index contributed by atoms with van der Waals surface area (Å²) in [7, 11) is 0. The first-order valence-electron chi connectivity index (χ1n) is 4.62. The monoisotopic (exact) mass is 214 g/mol. The van der Waals surface area contributed by atoms with E-state index in [1.165, 1.54) is 25.2 Å². The van der Waals surface area contributed by atoms with Gasteiger partial charge in [-0.15, -0.1) is 0 Å². The van der Waals surface area contributed by atoms with Crippen molar-refractivity contribution in [3.63, 3.8) is 0 Å². The second kappa shape index (κ2) is 5.06. The van der Waals surface area contributed by atoms with Crippen LogP contribution in [0, 0.1) is 0 Å². The molecule has 0 saturated carbocycles. The minimum atomic E-state index is -1.20. The van der Waals surface area contributed by atoms with Gasteiger partial charge < -0.3 is 20.1 Å². The van der Waals surface area contributed by atoms with Crippen LogP contribution in [0.4, 0.5) is 0 Å². The standard InChI is InChI=1S/C10H14O5/c1-6-10(14)8(12)4-2-7(11)3-5-9(13)15-6/h2-8,10-12,14H,1H3. The fourth-order valence-electron chi connectivity index (χ4n) is 1.15. The van der Waals surface area contributed by atoms with Crippen LogP contribution < -0.4 is 0 Å². The van der Waals surface area contributed by atoms with E-state index in [4.69, 9.17) is 4.74 Å². The number of cyclic esters (lactones) is 1. The number of aliphatic hydroxyl groups is 3. The summed E-state index contributed by atoms with van der Waals surface area (Å²) in [6.45, 7) is 1.48. The average Bonchev–Trinajstić information content (AvgIpc) is 2.20. The summed E-state index contributed by atoms with van der Waals surface area (Å²) in [6.07, 6.45) is 0.694. The Morgan fingerprint density at radius 1 is 1.20 bits per heavy atom. The lowest BCUT2D eigenvalue weighted by Gasteiger charge is -2.22. The normalized spacial score (nSPS) is 37.5. The van der Waals surface area contributed by atoms with Crippen LogP contribution in [0.5, 0.6) is 0 Å². The highest BCUT2D eigenvalue weighted by Gasteiger charge is 2.24. The van der Waals surface area contributed by atoms with E-state index in [2.05, 4.69) is 0 Å². The molecule has 0 amide bonds. The summed E-state index contributed by atoms with van der Waals surface area (Å²) in [5.41, 5.74) is 0. The molecule has 1 aliphatic rings. The number of carbonyl (C=O) groups is 1. The Kier molecular flexibility index (Phi) is 4.02. The van der Waals surface area contributed by atoms with E-state index >= 15 is 0 Å². The Hall–Kier alpha value is -1.17. The van der Waals surface area contributed by atoms with Gasteiger partial charge in [-0.05, 0) is 13.0 Å². The molecule has 5 heteroatoms. The first-order chi connectivity index (χ1) is 7.00. The molecule has 1 heterocycles. The van der Waals surface area contributed by atoms with Crippen molar-refractivity contribution < 1.29 is 24.9 Å². The van der Waals surface area contributed by atoms with Crippen LogP contribution in [0.1, 0.15) is 6.92 Å². The predicted octanol–water partition coefficient (Wildman–Crippen LogP) is -0.873. The second-order valence-corrected chi connectivity index (χ2v) is 3.36. The molecule has 1 aliphatic heterocycles. The number of ether oxygens (including phenoxy) is 1. The number of carbonyl (C=O) groups excluding carboxylic acids is 1. The molecule has 0 aliphatic carbocycles. The number of hydrogen-bond donors (Lipinski definition) is 3. The van der Waals surface area contributed by atoms with E-state index in [1.807, 2.05) is 0 Å². The summed E-state index contributed by atoms with van der Waals surface area (Å²) >= 11 is 0. The molecule has 0 radical (unpaired) electrons. The number of hydrogen-bond acceptors (Lipinski definition) is 5. The molecule has 3 N–H and O–H groups in total. The predicted molar refractivity (Wildman–Crippen MR) is 51.9 cm³/mol. The van der Waals surface area contributed by atoms with Gasteiger partial charge in [0.25, 0.3) is 0 Å². The van der Waals surface area contributed by atoms with Crippen LogP contribution in [-0.4, -0.2) is 45.7 Å². The zero-order valence-corrected chi connectivity index (χ0v) is 8.28. The number of esters is 1. The maximum absolute atomic E-state index is 11.1. The zero-order chi connectivity index (χ0) is 11.4. The summed E-state index contributed by atoms with van der Waals surface area (Å²) in [5, 5.41) is 28.1. The quantitative estimate of drug-likeness (QED) is 0.360. The number of rotatable bonds is 0. The highest BCUT2D eigenvalue weighted by Crippen LogP contribution is 2.08. The van der Waals surface area contributed by atoms with Gasteiger partial charge in [0.1, 0.15) is 18.3 Å². The van der Waals surface area contributed by atoms with Crippen molar-refractivity contribution in [3.8, 4) is 0 Å². The van der Waals surface area contributed by atoms with Gasteiger partial charge in [0.15, 0.2) is 0 Å². The van der Waals surface area contributed by atoms with E-state index in [0.717, 1.165) is 6.08 Å². The van der Waals surface area contributed by atoms with Crippen LogP contribution in [0.3, 0.4) is 0 Å². The molecule has 5 nitrogen and oxygen atoms in total. The lowest BCUT2D eigenvalue weighted by atomic mass is 10.1. The van der Waals surface area contributed by atoms with Crippen molar-refractivity contribution in [3.05, 3.63) is 24.3 Å². The highest BCUT2D eigenvalue weighted by molar-refractivity contribution is 5.82. The Labute approximate surface area is 87.3 Å². The van der Waals surface area contributed by atoms with Crippen LogP contribution in [0.2, 0.25) is 0 Å². The van der Waals surface area contributed by atoms with E-state index < -0.39 is 30.4 Å². The zero-order valence-electron chi connectivity index (χ0n) is 8.28. The average molecular weight is 214 g/mol. The van der Waals surface area contributed by atoms with Gasteiger partial charge in [0.2, 0.25) is 0 Å². The fourth-order valence-corrected chi connectivity index (χ4v) is 1.15. The third kappa shape index (κ3) is 3.47. The van der Waals surface area contributed by atoms with Gasteiger partial charge >= 0.3 is 5.97 Å². The molecule has 0 spiro atoms. The van der Waals surface area contributed by atoms with E-state index in [-0.39, 0.29) is 0 Å². The van der Waals surface area contributed by atoms with Gasteiger partial charge in [-0.25, -0.2) is 4.79 Å². The maximum Gasteiger partial charge on any atom is 0.330 e. The number of aliphatic hydroxyl groups excluding tert-OH is 3. The molecular formula is C10H14O5. The maximum atomic E-state index is 11.1. The molecule has 15 heavy (non-hydrogen) atoms. The third-order valence-electron chi connectivity index (χ3n) is 2.07. The molecule has 4 unspecified atom stereocenters. The van der Waals surface area contributed by atoms with Crippen molar-refractivity contribution in [2.75, 3.05) is 0 Å². The van der Waals surface area contributed by atoms with Crippen molar-refractivity contribution in [2.24, 2.45) is 0 Å². The van der Waals surface area contributed by atoms with Crippen LogP contribution >= 0.6 is 0 Å². The van der Waals surface area contributed by atoms with Gasteiger partial charge in [-0.3, -0.25) is 0 Å². The van der Waals surface area contributed by atoms with Crippen molar-refractivity contribution in [2.45, 2.75) is 31.3 Å². The molecule has 4 atom stereocenters. The molecule has 0 aromatic heterocycles. The molecule has 0 bridgehead atoms.